The summed E-state index contributed by atoms with van der Waals surface area (Å²) in [5, 5.41) is 12.3. The number of benzene rings is 1. The Morgan fingerprint density at radius 1 is 1.24 bits per heavy atom. The molecule has 154 valence electrons. The number of allylic oxidation sites excluding steroid dienone is 1. The van der Waals surface area contributed by atoms with Crippen molar-refractivity contribution in [2.45, 2.75) is 49.7 Å². The number of nitrogens with one attached hydrogen (secondary N) is 1. The normalized spacial score (nSPS) is 14.4. The van der Waals surface area contributed by atoms with Gasteiger partial charge in [0.25, 0.3) is 0 Å². The summed E-state index contributed by atoms with van der Waals surface area (Å²) in [5.74, 6) is 1.11. The van der Waals surface area contributed by atoms with Gasteiger partial charge in [-0.05, 0) is 37.1 Å². The van der Waals surface area contributed by atoms with Gasteiger partial charge >= 0.3 is 5.97 Å². The number of aromatic nitrogens is 3. The Morgan fingerprint density at radius 3 is 2.62 bits per heavy atom. The fraction of sp³-hybridized carbons (Fsp3) is 0.429. The van der Waals surface area contributed by atoms with E-state index in [-0.39, 0.29) is 11.7 Å². The summed E-state index contributed by atoms with van der Waals surface area (Å²) in [4.78, 5) is 23.8. The minimum absolute atomic E-state index is 0.145. The molecule has 0 aliphatic heterocycles. The molecule has 0 bridgehead atoms. The number of carbonyl (C=O) groups is 2. The molecule has 0 unspecified atom stereocenters. The van der Waals surface area contributed by atoms with Crippen LogP contribution in [-0.2, 0) is 16.1 Å². The number of nitrogens with zero attached hydrogens (tertiary/aromatic N) is 3. The van der Waals surface area contributed by atoms with Gasteiger partial charge in [0.2, 0.25) is 5.91 Å². The fourth-order valence-corrected chi connectivity index (χ4v) is 4.26. The van der Waals surface area contributed by atoms with Crippen LogP contribution in [0.2, 0.25) is 0 Å². The number of ether oxygens (including phenoxy) is 1. The second kappa shape index (κ2) is 10.2. The number of methoxy groups -OCH3 is 1. The highest BCUT2D eigenvalue weighted by Crippen LogP contribution is 2.33. The van der Waals surface area contributed by atoms with E-state index in [0.29, 0.717) is 23.7 Å². The summed E-state index contributed by atoms with van der Waals surface area (Å²) in [7, 11) is 1.33. The lowest BCUT2D eigenvalue weighted by Crippen LogP contribution is -2.15. The van der Waals surface area contributed by atoms with Gasteiger partial charge in [0.15, 0.2) is 5.16 Å². The van der Waals surface area contributed by atoms with E-state index in [1.54, 1.807) is 24.3 Å². The SMILES string of the molecule is C=CCn1c(SCC(=O)Nc2ccc(C(=O)OC)cc2)nnc1C1CCCCC1. The minimum Gasteiger partial charge on any atom is -0.465 e. The van der Waals surface area contributed by atoms with Crippen LogP contribution >= 0.6 is 11.8 Å². The average molecular weight is 415 g/mol. The van der Waals surface area contributed by atoms with Crippen LogP contribution in [0.4, 0.5) is 5.69 Å². The van der Waals surface area contributed by atoms with Crippen LogP contribution in [0.15, 0.2) is 42.1 Å². The Balaban J connectivity index is 1.60. The van der Waals surface area contributed by atoms with E-state index in [0.717, 1.165) is 23.8 Å². The zero-order valence-electron chi connectivity index (χ0n) is 16.6. The monoisotopic (exact) mass is 414 g/mol. The van der Waals surface area contributed by atoms with Gasteiger partial charge in [-0.3, -0.25) is 4.79 Å². The Bertz CT molecular complexity index is 857. The molecule has 1 aromatic carbocycles. The second-order valence-electron chi connectivity index (χ2n) is 6.98. The third-order valence-electron chi connectivity index (χ3n) is 4.95. The van der Waals surface area contributed by atoms with Crippen LogP contribution in [0.5, 0.6) is 0 Å². The van der Waals surface area contributed by atoms with Gasteiger partial charge in [-0.25, -0.2) is 4.79 Å². The molecule has 1 heterocycles. The van der Waals surface area contributed by atoms with Crippen molar-refractivity contribution in [1.82, 2.24) is 14.8 Å². The highest BCUT2D eigenvalue weighted by Gasteiger charge is 2.23. The largest absolute Gasteiger partial charge is 0.465 e. The standard InChI is InChI=1S/C21H26N4O3S/c1-3-13-25-19(15-7-5-4-6-8-15)23-24-21(25)29-14-18(26)22-17-11-9-16(10-12-17)20(27)28-2/h3,9-12,15H,1,4-8,13-14H2,2H3,(H,22,26). The first-order valence-electron chi connectivity index (χ1n) is 9.77. The Labute approximate surface area is 174 Å². The van der Waals surface area contributed by atoms with Crippen molar-refractivity contribution in [3.63, 3.8) is 0 Å². The molecule has 1 aliphatic rings. The molecule has 0 spiro atoms. The molecular formula is C21H26N4O3S. The van der Waals surface area contributed by atoms with Gasteiger partial charge < -0.3 is 14.6 Å². The molecule has 1 amide bonds. The van der Waals surface area contributed by atoms with E-state index in [1.807, 2.05) is 6.08 Å². The maximum Gasteiger partial charge on any atom is 0.337 e. The number of thioether (sulfide) groups is 1. The Kier molecular flexibility index (Phi) is 7.46. The molecule has 0 atom stereocenters. The number of esters is 1. The summed E-state index contributed by atoms with van der Waals surface area (Å²) < 4.78 is 6.75. The number of carbonyl (C=O) groups excluding carboxylic acids is 2. The zero-order valence-corrected chi connectivity index (χ0v) is 17.4. The first kappa shape index (κ1) is 21.1. The summed E-state index contributed by atoms with van der Waals surface area (Å²) in [6.45, 7) is 4.48. The molecule has 1 aromatic heterocycles. The van der Waals surface area contributed by atoms with E-state index < -0.39 is 5.97 Å². The van der Waals surface area contributed by atoms with Crippen molar-refractivity contribution in [2.24, 2.45) is 0 Å². The van der Waals surface area contributed by atoms with Crippen LogP contribution in [0.1, 0.15) is 54.2 Å². The van der Waals surface area contributed by atoms with Crippen LogP contribution in [-0.4, -0.2) is 39.5 Å². The van der Waals surface area contributed by atoms with E-state index in [1.165, 1.54) is 38.1 Å². The molecule has 7 nitrogen and oxygen atoms in total. The molecule has 29 heavy (non-hydrogen) atoms. The van der Waals surface area contributed by atoms with Crippen molar-refractivity contribution >= 4 is 29.3 Å². The number of anilines is 1. The van der Waals surface area contributed by atoms with Crippen molar-refractivity contribution in [3.8, 4) is 0 Å². The van der Waals surface area contributed by atoms with E-state index in [9.17, 15) is 9.59 Å². The zero-order chi connectivity index (χ0) is 20.6. The summed E-state index contributed by atoms with van der Waals surface area (Å²) in [6, 6.07) is 6.59. The third-order valence-corrected chi connectivity index (χ3v) is 5.92. The van der Waals surface area contributed by atoms with Gasteiger partial charge in [0.05, 0.1) is 18.4 Å². The summed E-state index contributed by atoms with van der Waals surface area (Å²) >= 11 is 1.37. The molecule has 3 rings (SSSR count). The number of amides is 1. The van der Waals surface area contributed by atoms with Gasteiger partial charge in [-0.1, -0.05) is 37.1 Å². The highest BCUT2D eigenvalue weighted by molar-refractivity contribution is 7.99. The van der Waals surface area contributed by atoms with Crippen molar-refractivity contribution in [2.75, 3.05) is 18.2 Å². The van der Waals surface area contributed by atoms with Crippen LogP contribution in [0, 0.1) is 0 Å². The quantitative estimate of drug-likeness (QED) is 0.399. The molecule has 2 aromatic rings. The van der Waals surface area contributed by atoms with Crippen LogP contribution in [0.3, 0.4) is 0 Å². The molecule has 1 saturated carbocycles. The summed E-state index contributed by atoms with van der Waals surface area (Å²) in [5.41, 5.74) is 1.06. The smallest absolute Gasteiger partial charge is 0.337 e. The maximum atomic E-state index is 12.3. The molecular weight excluding hydrogens is 388 g/mol. The third kappa shape index (κ3) is 5.47. The lowest BCUT2D eigenvalue weighted by molar-refractivity contribution is -0.113. The number of hydrogen-bond donors (Lipinski definition) is 1. The molecule has 0 radical (unpaired) electrons. The van der Waals surface area contributed by atoms with E-state index in [2.05, 4.69) is 31.4 Å². The lowest BCUT2D eigenvalue weighted by atomic mass is 9.89. The fourth-order valence-electron chi connectivity index (χ4n) is 3.50. The number of hydrogen-bond acceptors (Lipinski definition) is 6. The van der Waals surface area contributed by atoms with Crippen molar-refractivity contribution in [3.05, 3.63) is 48.3 Å². The van der Waals surface area contributed by atoms with Gasteiger partial charge in [-0.2, -0.15) is 0 Å². The van der Waals surface area contributed by atoms with Crippen molar-refractivity contribution < 1.29 is 14.3 Å². The molecule has 1 N–H and O–H groups in total. The predicted octanol–water partition coefficient (Wildman–Crippen LogP) is 4.03. The van der Waals surface area contributed by atoms with Gasteiger partial charge in [0.1, 0.15) is 5.82 Å². The molecule has 1 fully saturated rings. The van der Waals surface area contributed by atoms with Crippen LogP contribution in [0.25, 0.3) is 0 Å². The minimum atomic E-state index is -0.409. The Morgan fingerprint density at radius 2 is 1.97 bits per heavy atom. The topological polar surface area (TPSA) is 86.1 Å². The summed E-state index contributed by atoms with van der Waals surface area (Å²) in [6.07, 6.45) is 7.86. The van der Waals surface area contributed by atoms with Gasteiger partial charge in [0, 0.05) is 18.2 Å². The van der Waals surface area contributed by atoms with E-state index >= 15 is 0 Å². The van der Waals surface area contributed by atoms with E-state index in [4.69, 9.17) is 0 Å². The van der Waals surface area contributed by atoms with Crippen molar-refractivity contribution in [1.29, 1.82) is 0 Å². The first-order chi connectivity index (χ1) is 14.1. The average Bonchev–Trinajstić information content (AvgIpc) is 3.16. The molecule has 0 saturated heterocycles. The molecule has 8 heteroatoms. The highest BCUT2D eigenvalue weighted by atomic mass is 32.2. The Hall–Kier alpha value is -2.61. The number of rotatable bonds is 8. The predicted molar refractivity (Wildman–Crippen MR) is 113 cm³/mol. The first-order valence-corrected chi connectivity index (χ1v) is 10.8. The lowest BCUT2D eigenvalue weighted by Gasteiger charge is -2.21. The van der Waals surface area contributed by atoms with Crippen LogP contribution < -0.4 is 5.32 Å². The second-order valence-corrected chi connectivity index (χ2v) is 7.92. The maximum absolute atomic E-state index is 12.3. The van der Waals surface area contributed by atoms with Gasteiger partial charge in [-0.15, -0.1) is 16.8 Å². The molecule has 1 aliphatic carbocycles.